The lowest BCUT2D eigenvalue weighted by atomic mass is 10.00. The number of nitrogens with zero attached hydrogens (tertiary/aromatic N) is 1. The number of aryl methyl sites for hydroxylation is 1. The maximum atomic E-state index is 12.5. The van der Waals surface area contributed by atoms with Crippen molar-refractivity contribution in [3.63, 3.8) is 0 Å². The molecule has 0 atom stereocenters. The molecule has 0 spiro atoms. The summed E-state index contributed by atoms with van der Waals surface area (Å²) < 4.78 is 26.4. The summed E-state index contributed by atoms with van der Waals surface area (Å²) in [5.41, 5.74) is 7.14. The van der Waals surface area contributed by atoms with Crippen LogP contribution in [-0.4, -0.2) is 37.5 Å². The molecule has 0 unspecified atom stereocenters. The second-order valence-electron chi connectivity index (χ2n) is 5.05. The Kier molecular flexibility index (Phi) is 4.13. The molecule has 1 heterocycles. The minimum absolute atomic E-state index is 0.130. The van der Waals surface area contributed by atoms with Crippen molar-refractivity contribution in [3.8, 4) is 0 Å². The summed E-state index contributed by atoms with van der Waals surface area (Å²) in [4.78, 5) is 0.248. The van der Waals surface area contributed by atoms with Crippen molar-refractivity contribution in [3.05, 3.63) is 23.8 Å². The summed E-state index contributed by atoms with van der Waals surface area (Å²) in [6.45, 7) is 2.90. The summed E-state index contributed by atoms with van der Waals surface area (Å²) in [5, 5.41) is 9.08. The van der Waals surface area contributed by atoms with Crippen LogP contribution in [0.15, 0.2) is 23.1 Å². The van der Waals surface area contributed by atoms with Crippen LogP contribution in [0.25, 0.3) is 0 Å². The lowest BCUT2D eigenvalue weighted by Crippen LogP contribution is -2.39. The molecule has 19 heavy (non-hydrogen) atoms. The van der Waals surface area contributed by atoms with E-state index in [9.17, 15) is 8.42 Å². The average molecular weight is 284 g/mol. The molecule has 1 aromatic rings. The number of rotatable bonds is 3. The van der Waals surface area contributed by atoms with Gasteiger partial charge in [0.05, 0.1) is 4.90 Å². The van der Waals surface area contributed by atoms with Crippen LogP contribution in [-0.2, 0) is 10.0 Å². The zero-order valence-electron chi connectivity index (χ0n) is 11.0. The first kappa shape index (κ1) is 14.3. The van der Waals surface area contributed by atoms with E-state index >= 15 is 0 Å². The number of nitrogens with two attached hydrogens (primary N) is 1. The predicted molar refractivity (Wildman–Crippen MR) is 74.2 cm³/mol. The van der Waals surface area contributed by atoms with E-state index in [0.717, 1.165) is 5.56 Å². The molecule has 1 fully saturated rings. The first-order valence-corrected chi connectivity index (χ1v) is 7.86. The van der Waals surface area contributed by atoms with Crippen molar-refractivity contribution < 1.29 is 13.5 Å². The molecule has 0 amide bonds. The fraction of sp³-hybridized carbons (Fsp3) is 0.538. The third-order valence-electron chi connectivity index (χ3n) is 3.72. The molecule has 0 saturated carbocycles. The van der Waals surface area contributed by atoms with Gasteiger partial charge in [-0.3, -0.25) is 0 Å². The Bertz CT molecular complexity index is 549. The number of hydrogen-bond donors (Lipinski definition) is 2. The van der Waals surface area contributed by atoms with E-state index in [0.29, 0.717) is 31.6 Å². The number of nitrogen functional groups attached to an aromatic ring is 1. The zero-order valence-corrected chi connectivity index (χ0v) is 11.9. The van der Waals surface area contributed by atoms with E-state index < -0.39 is 10.0 Å². The van der Waals surface area contributed by atoms with Gasteiger partial charge in [-0.1, -0.05) is 6.07 Å². The van der Waals surface area contributed by atoms with Crippen molar-refractivity contribution >= 4 is 15.7 Å². The SMILES string of the molecule is Cc1ccc(S(=O)(=O)N2CCC(CO)CC2)cc1N. The van der Waals surface area contributed by atoms with Crippen LogP contribution in [0.1, 0.15) is 18.4 Å². The Morgan fingerprint density at radius 2 is 2.00 bits per heavy atom. The summed E-state index contributed by atoms with van der Waals surface area (Å²) >= 11 is 0. The highest BCUT2D eigenvalue weighted by Crippen LogP contribution is 2.25. The average Bonchev–Trinajstić information content (AvgIpc) is 2.41. The van der Waals surface area contributed by atoms with Crippen molar-refractivity contribution in [1.29, 1.82) is 0 Å². The Hall–Kier alpha value is -1.11. The molecule has 5 nitrogen and oxygen atoms in total. The van der Waals surface area contributed by atoms with Crippen LogP contribution in [0.3, 0.4) is 0 Å². The predicted octanol–water partition coefficient (Wildman–Crippen LogP) is 0.970. The van der Waals surface area contributed by atoms with E-state index in [-0.39, 0.29) is 17.4 Å². The third kappa shape index (κ3) is 2.91. The highest BCUT2D eigenvalue weighted by molar-refractivity contribution is 7.89. The van der Waals surface area contributed by atoms with Gasteiger partial charge in [0.2, 0.25) is 10.0 Å². The molecule has 106 valence electrons. The molecule has 3 N–H and O–H groups in total. The maximum absolute atomic E-state index is 12.5. The molecule has 1 aliphatic heterocycles. The smallest absolute Gasteiger partial charge is 0.243 e. The number of aliphatic hydroxyl groups excluding tert-OH is 1. The standard InChI is InChI=1S/C13H20N2O3S/c1-10-2-3-12(8-13(10)14)19(17,18)15-6-4-11(9-16)5-7-15/h2-3,8,11,16H,4-7,9,14H2,1H3. The van der Waals surface area contributed by atoms with Gasteiger partial charge in [0.25, 0.3) is 0 Å². The van der Waals surface area contributed by atoms with Gasteiger partial charge in [-0.25, -0.2) is 8.42 Å². The van der Waals surface area contributed by atoms with Gasteiger partial charge in [0.1, 0.15) is 0 Å². The Morgan fingerprint density at radius 3 is 2.53 bits per heavy atom. The molecule has 1 aliphatic rings. The zero-order chi connectivity index (χ0) is 14.0. The fourth-order valence-corrected chi connectivity index (χ4v) is 3.77. The number of anilines is 1. The molecule has 1 saturated heterocycles. The molecule has 1 aromatic carbocycles. The fourth-order valence-electron chi connectivity index (χ4n) is 2.26. The lowest BCUT2D eigenvalue weighted by Gasteiger charge is -2.30. The highest BCUT2D eigenvalue weighted by Gasteiger charge is 2.29. The molecule has 0 bridgehead atoms. The van der Waals surface area contributed by atoms with E-state index in [2.05, 4.69) is 0 Å². The molecule has 2 rings (SSSR count). The maximum Gasteiger partial charge on any atom is 0.243 e. The molecule has 0 aliphatic carbocycles. The van der Waals surface area contributed by atoms with Crippen molar-refractivity contribution in [2.45, 2.75) is 24.7 Å². The summed E-state index contributed by atoms with van der Waals surface area (Å²) in [6, 6.07) is 4.84. The quantitative estimate of drug-likeness (QED) is 0.810. The largest absolute Gasteiger partial charge is 0.398 e. The van der Waals surface area contributed by atoms with E-state index in [1.165, 1.54) is 10.4 Å². The number of benzene rings is 1. The van der Waals surface area contributed by atoms with Crippen LogP contribution in [0, 0.1) is 12.8 Å². The molecular formula is C13H20N2O3S. The van der Waals surface area contributed by atoms with Gasteiger partial charge >= 0.3 is 0 Å². The van der Waals surface area contributed by atoms with Crippen LogP contribution >= 0.6 is 0 Å². The lowest BCUT2D eigenvalue weighted by molar-refractivity contribution is 0.170. The summed E-state index contributed by atoms with van der Waals surface area (Å²) in [7, 11) is -3.46. The van der Waals surface area contributed by atoms with Crippen molar-refractivity contribution in [2.24, 2.45) is 5.92 Å². The van der Waals surface area contributed by atoms with Crippen molar-refractivity contribution in [2.75, 3.05) is 25.4 Å². The first-order chi connectivity index (χ1) is 8.95. The van der Waals surface area contributed by atoms with Gasteiger partial charge < -0.3 is 10.8 Å². The molecule has 6 heteroatoms. The van der Waals surface area contributed by atoms with Gasteiger partial charge in [0.15, 0.2) is 0 Å². The third-order valence-corrected chi connectivity index (χ3v) is 5.61. The summed E-state index contributed by atoms with van der Waals surface area (Å²) in [6.07, 6.45) is 1.41. The van der Waals surface area contributed by atoms with E-state index in [4.69, 9.17) is 10.8 Å². The monoisotopic (exact) mass is 284 g/mol. The number of piperidine rings is 1. The van der Waals surface area contributed by atoms with E-state index in [1.807, 2.05) is 6.92 Å². The van der Waals surface area contributed by atoms with Gasteiger partial charge in [-0.2, -0.15) is 4.31 Å². The van der Waals surface area contributed by atoms with Crippen LogP contribution < -0.4 is 5.73 Å². The molecular weight excluding hydrogens is 264 g/mol. The van der Waals surface area contributed by atoms with Crippen molar-refractivity contribution in [1.82, 2.24) is 4.31 Å². The summed E-state index contributed by atoms with van der Waals surface area (Å²) in [5.74, 6) is 0.217. The second-order valence-corrected chi connectivity index (χ2v) is 6.99. The normalized spacial score (nSPS) is 18.6. The Morgan fingerprint density at radius 1 is 1.37 bits per heavy atom. The number of aliphatic hydroxyl groups is 1. The molecule has 0 radical (unpaired) electrons. The molecule has 0 aromatic heterocycles. The first-order valence-electron chi connectivity index (χ1n) is 6.42. The Balaban J connectivity index is 2.21. The van der Waals surface area contributed by atoms with Crippen LogP contribution in [0.2, 0.25) is 0 Å². The highest BCUT2D eigenvalue weighted by atomic mass is 32.2. The van der Waals surface area contributed by atoms with Crippen LogP contribution in [0.5, 0.6) is 0 Å². The number of hydrogen-bond acceptors (Lipinski definition) is 4. The van der Waals surface area contributed by atoms with Gasteiger partial charge in [0, 0.05) is 25.4 Å². The van der Waals surface area contributed by atoms with Crippen LogP contribution in [0.4, 0.5) is 5.69 Å². The minimum Gasteiger partial charge on any atom is -0.398 e. The second kappa shape index (κ2) is 5.48. The topological polar surface area (TPSA) is 83.6 Å². The van der Waals surface area contributed by atoms with Gasteiger partial charge in [-0.05, 0) is 43.4 Å². The minimum atomic E-state index is -3.46. The van der Waals surface area contributed by atoms with Gasteiger partial charge in [-0.15, -0.1) is 0 Å². The van der Waals surface area contributed by atoms with E-state index in [1.54, 1.807) is 12.1 Å². The number of sulfonamides is 1. The Labute approximate surface area is 114 Å².